The second-order valence-corrected chi connectivity index (χ2v) is 3.58. The highest BCUT2D eigenvalue weighted by atomic mass is 19.1. The van der Waals surface area contributed by atoms with E-state index >= 15 is 0 Å². The molecule has 0 aliphatic carbocycles. The monoisotopic (exact) mass is 246 g/mol. The summed E-state index contributed by atoms with van der Waals surface area (Å²) in [7, 11) is 1.55. The van der Waals surface area contributed by atoms with Gasteiger partial charge < -0.3 is 9.47 Å². The standard InChI is InChI=1S/C14H11FO3/c1-17-12-3-2-4-13(8-12)18-14-6-5-11(15)7-10(14)9-16/h2-9H,1H3. The van der Waals surface area contributed by atoms with Gasteiger partial charge in [0.25, 0.3) is 0 Å². The van der Waals surface area contributed by atoms with Crippen molar-refractivity contribution in [1.82, 2.24) is 0 Å². The van der Waals surface area contributed by atoms with Crippen LogP contribution in [0.15, 0.2) is 42.5 Å². The van der Waals surface area contributed by atoms with Crippen molar-refractivity contribution in [3.63, 3.8) is 0 Å². The molecule has 0 bridgehead atoms. The highest BCUT2D eigenvalue weighted by Crippen LogP contribution is 2.27. The number of benzene rings is 2. The molecule has 0 aliphatic rings. The number of carbonyl (C=O) groups excluding carboxylic acids is 1. The Morgan fingerprint density at radius 1 is 1.11 bits per heavy atom. The largest absolute Gasteiger partial charge is 0.497 e. The molecule has 0 aromatic heterocycles. The number of hydrogen-bond donors (Lipinski definition) is 0. The van der Waals surface area contributed by atoms with E-state index < -0.39 is 5.82 Å². The summed E-state index contributed by atoms with van der Waals surface area (Å²) in [5.41, 5.74) is 0.165. The summed E-state index contributed by atoms with van der Waals surface area (Å²) in [4.78, 5) is 10.8. The van der Waals surface area contributed by atoms with Crippen LogP contribution in [0, 0.1) is 5.82 Å². The Kier molecular flexibility index (Phi) is 3.57. The fourth-order valence-electron chi connectivity index (χ4n) is 1.50. The second kappa shape index (κ2) is 5.31. The van der Waals surface area contributed by atoms with Gasteiger partial charge in [0.2, 0.25) is 0 Å². The van der Waals surface area contributed by atoms with E-state index in [0.717, 1.165) is 6.07 Å². The van der Waals surface area contributed by atoms with Crippen molar-refractivity contribution >= 4 is 6.29 Å². The van der Waals surface area contributed by atoms with E-state index in [1.165, 1.54) is 12.1 Å². The van der Waals surface area contributed by atoms with Crippen LogP contribution in [0.5, 0.6) is 17.2 Å². The van der Waals surface area contributed by atoms with Crippen molar-refractivity contribution in [2.24, 2.45) is 0 Å². The SMILES string of the molecule is COc1cccc(Oc2ccc(F)cc2C=O)c1. The van der Waals surface area contributed by atoms with Crippen molar-refractivity contribution in [2.75, 3.05) is 7.11 Å². The van der Waals surface area contributed by atoms with E-state index in [4.69, 9.17) is 9.47 Å². The van der Waals surface area contributed by atoms with Crippen LogP contribution in [0.2, 0.25) is 0 Å². The molecule has 92 valence electrons. The molecule has 0 radical (unpaired) electrons. The molecular formula is C14H11FO3. The normalized spacial score (nSPS) is 9.89. The number of methoxy groups -OCH3 is 1. The molecule has 0 spiro atoms. The summed E-state index contributed by atoms with van der Waals surface area (Å²) in [6, 6.07) is 10.7. The van der Waals surface area contributed by atoms with E-state index in [-0.39, 0.29) is 5.56 Å². The number of ether oxygens (including phenoxy) is 2. The van der Waals surface area contributed by atoms with Gasteiger partial charge in [0.15, 0.2) is 6.29 Å². The van der Waals surface area contributed by atoms with Gasteiger partial charge in [0, 0.05) is 6.07 Å². The lowest BCUT2D eigenvalue weighted by atomic mass is 10.2. The maximum Gasteiger partial charge on any atom is 0.153 e. The summed E-state index contributed by atoms with van der Waals surface area (Å²) in [5.74, 6) is 0.987. The molecule has 0 heterocycles. The summed E-state index contributed by atoms with van der Waals surface area (Å²) >= 11 is 0. The summed E-state index contributed by atoms with van der Waals surface area (Å²) in [6.07, 6.45) is 0.554. The number of hydrogen-bond acceptors (Lipinski definition) is 3. The summed E-state index contributed by atoms with van der Waals surface area (Å²) < 4.78 is 23.5. The third-order valence-corrected chi connectivity index (χ3v) is 2.37. The molecule has 0 atom stereocenters. The fraction of sp³-hybridized carbons (Fsp3) is 0.0714. The molecule has 0 fully saturated rings. The van der Waals surface area contributed by atoms with Crippen molar-refractivity contribution in [1.29, 1.82) is 0 Å². The smallest absolute Gasteiger partial charge is 0.153 e. The van der Waals surface area contributed by atoms with Gasteiger partial charge in [-0.05, 0) is 30.3 Å². The van der Waals surface area contributed by atoms with Crippen LogP contribution in [-0.2, 0) is 0 Å². The van der Waals surface area contributed by atoms with E-state index in [0.29, 0.717) is 23.5 Å². The zero-order valence-electron chi connectivity index (χ0n) is 9.72. The molecule has 0 N–H and O–H groups in total. The van der Waals surface area contributed by atoms with E-state index in [9.17, 15) is 9.18 Å². The molecule has 0 aliphatic heterocycles. The zero-order chi connectivity index (χ0) is 13.0. The van der Waals surface area contributed by atoms with Gasteiger partial charge in [-0.1, -0.05) is 6.07 Å². The maximum atomic E-state index is 13.0. The highest BCUT2D eigenvalue weighted by molar-refractivity contribution is 5.79. The molecule has 0 saturated carbocycles. The first-order valence-electron chi connectivity index (χ1n) is 5.29. The lowest BCUT2D eigenvalue weighted by molar-refractivity contribution is 0.112. The van der Waals surface area contributed by atoms with Crippen LogP contribution in [0.1, 0.15) is 10.4 Å². The average molecular weight is 246 g/mol. The molecule has 2 rings (SSSR count). The third-order valence-electron chi connectivity index (χ3n) is 2.37. The van der Waals surface area contributed by atoms with Crippen LogP contribution >= 0.6 is 0 Å². The van der Waals surface area contributed by atoms with E-state index in [1.54, 1.807) is 31.4 Å². The first kappa shape index (κ1) is 12.1. The van der Waals surface area contributed by atoms with Gasteiger partial charge in [-0.3, -0.25) is 4.79 Å². The Bertz CT molecular complexity index is 567. The predicted molar refractivity (Wildman–Crippen MR) is 64.9 cm³/mol. The minimum atomic E-state index is -0.477. The Morgan fingerprint density at radius 3 is 2.61 bits per heavy atom. The molecule has 0 unspecified atom stereocenters. The van der Waals surface area contributed by atoms with Crippen molar-refractivity contribution in [2.45, 2.75) is 0 Å². The van der Waals surface area contributed by atoms with Crippen LogP contribution in [-0.4, -0.2) is 13.4 Å². The highest BCUT2D eigenvalue weighted by Gasteiger charge is 2.06. The first-order valence-corrected chi connectivity index (χ1v) is 5.29. The van der Waals surface area contributed by atoms with Gasteiger partial charge >= 0.3 is 0 Å². The van der Waals surface area contributed by atoms with Crippen LogP contribution in [0.25, 0.3) is 0 Å². The van der Waals surface area contributed by atoms with Crippen molar-refractivity contribution < 1.29 is 18.7 Å². The van der Waals surface area contributed by atoms with Gasteiger partial charge in [0.1, 0.15) is 23.1 Å². The molecule has 3 nitrogen and oxygen atoms in total. The Morgan fingerprint density at radius 2 is 1.89 bits per heavy atom. The van der Waals surface area contributed by atoms with Crippen molar-refractivity contribution in [3.8, 4) is 17.2 Å². The lowest BCUT2D eigenvalue weighted by Gasteiger charge is -2.09. The molecule has 0 amide bonds. The fourth-order valence-corrected chi connectivity index (χ4v) is 1.50. The first-order chi connectivity index (χ1) is 8.72. The quantitative estimate of drug-likeness (QED) is 0.775. The van der Waals surface area contributed by atoms with Crippen molar-refractivity contribution in [3.05, 3.63) is 53.8 Å². The predicted octanol–water partition coefficient (Wildman–Crippen LogP) is 3.44. The van der Waals surface area contributed by atoms with Crippen LogP contribution in [0.3, 0.4) is 0 Å². The van der Waals surface area contributed by atoms with Crippen LogP contribution in [0.4, 0.5) is 4.39 Å². The third kappa shape index (κ3) is 2.66. The molecule has 2 aromatic carbocycles. The van der Waals surface area contributed by atoms with Gasteiger partial charge in [-0.15, -0.1) is 0 Å². The van der Waals surface area contributed by atoms with Gasteiger partial charge in [-0.25, -0.2) is 4.39 Å². The minimum Gasteiger partial charge on any atom is -0.497 e. The molecule has 4 heteroatoms. The Labute approximate surface area is 104 Å². The lowest BCUT2D eigenvalue weighted by Crippen LogP contribution is -1.92. The van der Waals surface area contributed by atoms with E-state index in [2.05, 4.69) is 0 Å². The number of aldehydes is 1. The van der Waals surface area contributed by atoms with Gasteiger partial charge in [-0.2, -0.15) is 0 Å². The molecular weight excluding hydrogens is 235 g/mol. The second-order valence-electron chi connectivity index (χ2n) is 3.58. The molecule has 18 heavy (non-hydrogen) atoms. The topological polar surface area (TPSA) is 35.5 Å². The summed E-state index contributed by atoms with van der Waals surface area (Å²) in [6.45, 7) is 0. The van der Waals surface area contributed by atoms with Gasteiger partial charge in [0.05, 0.1) is 12.7 Å². The number of halogens is 1. The summed E-state index contributed by atoms with van der Waals surface area (Å²) in [5, 5.41) is 0. The molecule has 2 aromatic rings. The number of carbonyl (C=O) groups is 1. The Hall–Kier alpha value is -2.36. The maximum absolute atomic E-state index is 13.0. The molecule has 0 saturated heterocycles. The number of rotatable bonds is 4. The van der Waals surface area contributed by atoms with E-state index in [1.807, 2.05) is 0 Å². The average Bonchev–Trinajstić information content (AvgIpc) is 2.41. The minimum absolute atomic E-state index is 0.165. The van der Waals surface area contributed by atoms with Crippen LogP contribution < -0.4 is 9.47 Å². The zero-order valence-corrected chi connectivity index (χ0v) is 9.72. The Balaban J connectivity index is 2.30.